The molecule has 0 aliphatic carbocycles. The zero-order valence-corrected chi connectivity index (χ0v) is 11.9. The highest BCUT2D eigenvalue weighted by molar-refractivity contribution is 5.97. The molecule has 0 aromatic heterocycles. The van der Waals surface area contributed by atoms with E-state index in [0.717, 1.165) is 19.4 Å². The minimum atomic E-state index is -0.00633. The van der Waals surface area contributed by atoms with Gasteiger partial charge in [-0.05, 0) is 25.0 Å². The number of hydrogen-bond acceptors (Lipinski definition) is 4. The van der Waals surface area contributed by atoms with E-state index in [-0.39, 0.29) is 11.9 Å². The number of carbonyl (C=O) groups excluding carboxylic acids is 1. The van der Waals surface area contributed by atoms with Gasteiger partial charge in [-0.25, -0.2) is 0 Å². The molecule has 1 aliphatic rings. The van der Waals surface area contributed by atoms with Crippen molar-refractivity contribution >= 4 is 5.91 Å². The second-order valence-corrected chi connectivity index (χ2v) is 4.99. The fourth-order valence-electron chi connectivity index (χ4n) is 2.37. The highest BCUT2D eigenvalue weighted by Gasteiger charge is 2.24. The number of likely N-dealkylation sites (tertiary alicyclic amines) is 1. The van der Waals surface area contributed by atoms with Crippen LogP contribution in [0.15, 0.2) is 24.3 Å². The maximum Gasteiger partial charge on any atom is 0.257 e. The molecule has 2 N–H and O–H groups in total. The Hall–Kier alpha value is -1.59. The highest BCUT2D eigenvalue weighted by Crippen LogP contribution is 2.21. The van der Waals surface area contributed by atoms with E-state index in [4.69, 9.17) is 15.2 Å². The number of methoxy groups -OCH3 is 1. The molecule has 1 aromatic carbocycles. The van der Waals surface area contributed by atoms with Gasteiger partial charge in [0.2, 0.25) is 0 Å². The van der Waals surface area contributed by atoms with Gasteiger partial charge in [-0.1, -0.05) is 12.1 Å². The Morgan fingerprint density at radius 1 is 1.40 bits per heavy atom. The van der Waals surface area contributed by atoms with Crippen LogP contribution < -0.4 is 10.5 Å². The molecular weight excluding hydrogens is 256 g/mol. The number of rotatable bonds is 5. The van der Waals surface area contributed by atoms with E-state index in [1.807, 2.05) is 23.1 Å². The van der Waals surface area contributed by atoms with Crippen LogP contribution >= 0.6 is 0 Å². The van der Waals surface area contributed by atoms with Crippen molar-refractivity contribution < 1.29 is 14.3 Å². The van der Waals surface area contributed by atoms with Gasteiger partial charge in [0.25, 0.3) is 5.91 Å². The highest BCUT2D eigenvalue weighted by atomic mass is 16.5. The lowest BCUT2D eigenvalue weighted by Gasteiger charge is -2.31. The van der Waals surface area contributed by atoms with Crippen molar-refractivity contribution in [1.82, 2.24) is 4.90 Å². The van der Waals surface area contributed by atoms with Crippen molar-refractivity contribution in [3.63, 3.8) is 0 Å². The molecule has 0 bridgehead atoms. The van der Waals surface area contributed by atoms with Crippen LogP contribution in [0.2, 0.25) is 0 Å². The minimum absolute atomic E-state index is 0.00633. The summed E-state index contributed by atoms with van der Waals surface area (Å²) in [6.45, 7) is 2.31. The zero-order chi connectivity index (χ0) is 14.4. The van der Waals surface area contributed by atoms with E-state index < -0.39 is 0 Å². The quantitative estimate of drug-likeness (QED) is 0.824. The molecule has 5 nitrogen and oxygen atoms in total. The van der Waals surface area contributed by atoms with E-state index in [9.17, 15) is 4.79 Å². The lowest BCUT2D eigenvalue weighted by molar-refractivity contribution is 0.0702. The first kappa shape index (κ1) is 14.8. The number of amides is 1. The summed E-state index contributed by atoms with van der Waals surface area (Å²) in [5.41, 5.74) is 6.53. The van der Waals surface area contributed by atoms with E-state index in [1.165, 1.54) is 0 Å². The van der Waals surface area contributed by atoms with Crippen LogP contribution in [0.4, 0.5) is 0 Å². The molecule has 2 rings (SSSR count). The third-order valence-electron chi connectivity index (χ3n) is 3.41. The van der Waals surface area contributed by atoms with Crippen molar-refractivity contribution in [2.45, 2.75) is 18.9 Å². The van der Waals surface area contributed by atoms with Gasteiger partial charge < -0.3 is 20.1 Å². The van der Waals surface area contributed by atoms with E-state index in [2.05, 4.69) is 0 Å². The molecule has 20 heavy (non-hydrogen) atoms. The molecule has 0 unspecified atom stereocenters. The molecular formula is C15H22N2O3. The summed E-state index contributed by atoms with van der Waals surface area (Å²) in [6, 6.07) is 7.40. The fourth-order valence-corrected chi connectivity index (χ4v) is 2.37. The minimum Gasteiger partial charge on any atom is -0.490 e. The molecule has 110 valence electrons. The zero-order valence-electron chi connectivity index (χ0n) is 11.9. The van der Waals surface area contributed by atoms with Crippen molar-refractivity contribution in [2.24, 2.45) is 5.73 Å². The Morgan fingerprint density at radius 3 is 2.95 bits per heavy atom. The van der Waals surface area contributed by atoms with Crippen LogP contribution in [0.25, 0.3) is 0 Å². The number of hydrogen-bond donors (Lipinski definition) is 1. The smallest absolute Gasteiger partial charge is 0.257 e. The maximum absolute atomic E-state index is 12.6. The molecule has 1 atom stereocenters. The van der Waals surface area contributed by atoms with Crippen LogP contribution in [0, 0.1) is 0 Å². The van der Waals surface area contributed by atoms with Gasteiger partial charge in [-0.2, -0.15) is 0 Å². The van der Waals surface area contributed by atoms with Crippen LogP contribution in [-0.2, 0) is 4.74 Å². The normalized spacial score (nSPS) is 18.9. The topological polar surface area (TPSA) is 64.8 Å². The van der Waals surface area contributed by atoms with Crippen LogP contribution in [0.5, 0.6) is 5.75 Å². The van der Waals surface area contributed by atoms with Crippen LogP contribution in [0.3, 0.4) is 0 Å². The van der Waals surface area contributed by atoms with Crippen molar-refractivity contribution in [1.29, 1.82) is 0 Å². The molecule has 0 spiro atoms. The number of nitrogens with zero attached hydrogens (tertiary/aromatic N) is 1. The lowest BCUT2D eigenvalue weighted by Crippen LogP contribution is -2.45. The average molecular weight is 278 g/mol. The Morgan fingerprint density at radius 2 is 2.20 bits per heavy atom. The van der Waals surface area contributed by atoms with Gasteiger partial charge in [0.1, 0.15) is 12.4 Å². The molecule has 1 heterocycles. The first-order valence-corrected chi connectivity index (χ1v) is 6.98. The monoisotopic (exact) mass is 278 g/mol. The largest absolute Gasteiger partial charge is 0.490 e. The number of nitrogens with two attached hydrogens (primary N) is 1. The number of benzene rings is 1. The number of piperidine rings is 1. The van der Waals surface area contributed by atoms with Gasteiger partial charge in [0, 0.05) is 26.2 Å². The molecule has 1 amide bonds. The van der Waals surface area contributed by atoms with Gasteiger partial charge in [0.15, 0.2) is 0 Å². The second kappa shape index (κ2) is 7.26. The summed E-state index contributed by atoms with van der Waals surface area (Å²) in [5.74, 6) is 0.599. The maximum atomic E-state index is 12.6. The summed E-state index contributed by atoms with van der Waals surface area (Å²) in [5, 5.41) is 0. The SMILES string of the molecule is COCCOc1ccccc1C(=O)N1CCC[C@H](N)C1. The fraction of sp³-hybridized carbons (Fsp3) is 0.533. The van der Waals surface area contributed by atoms with Gasteiger partial charge in [-0.3, -0.25) is 4.79 Å². The number of ether oxygens (including phenoxy) is 2. The molecule has 0 saturated carbocycles. The summed E-state index contributed by atoms with van der Waals surface area (Å²) in [4.78, 5) is 14.4. The molecule has 1 aromatic rings. The molecule has 5 heteroatoms. The molecule has 1 aliphatic heterocycles. The summed E-state index contributed by atoms with van der Waals surface area (Å²) in [6.07, 6.45) is 1.94. The standard InChI is InChI=1S/C15H22N2O3/c1-19-9-10-20-14-7-3-2-6-13(14)15(18)17-8-4-5-12(16)11-17/h2-3,6-7,12H,4-5,8-11,16H2,1H3/t12-/m0/s1. The van der Waals surface area contributed by atoms with Crippen molar-refractivity contribution in [3.8, 4) is 5.75 Å². The molecule has 1 saturated heterocycles. The number of para-hydroxylation sites is 1. The van der Waals surface area contributed by atoms with E-state index in [1.54, 1.807) is 13.2 Å². The predicted molar refractivity (Wildman–Crippen MR) is 76.9 cm³/mol. The van der Waals surface area contributed by atoms with E-state index in [0.29, 0.717) is 31.1 Å². The van der Waals surface area contributed by atoms with Crippen LogP contribution in [-0.4, -0.2) is 50.3 Å². The first-order chi connectivity index (χ1) is 9.72. The Balaban J connectivity index is 2.08. The molecule has 1 fully saturated rings. The van der Waals surface area contributed by atoms with Gasteiger partial charge in [0.05, 0.1) is 12.2 Å². The number of carbonyl (C=O) groups is 1. The predicted octanol–water partition coefficient (Wildman–Crippen LogP) is 1.28. The van der Waals surface area contributed by atoms with Gasteiger partial charge >= 0.3 is 0 Å². The second-order valence-electron chi connectivity index (χ2n) is 4.99. The van der Waals surface area contributed by atoms with E-state index >= 15 is 0 Å². The van der Waals surface area contributed by atoms with Crippen molar-refractivity contribution in [3.05, 3.63) is 29.8 Å². The van der Waals surface area contributed by atoms with Crippen molar-refractivity contribution in [2.75, 3.05) is 33.4 Å². The van der Waals surface area contributed by atoms with Crippen LogP contribution in [0.1, 0.15) is 23.2 Å². The summed E-state index contributed by atoms with van der Waals surface area (Å²) < 4.78 is 10.6. The summed E-state index contributed by atoms with van der Waals surface area (Å²) in [7, 11) is 1.62. The molecule has 0 radical (unpaired) electrons. The third-order valence-corrected chi connectivity index (χ3v) is 3.41. The first-order valence-electron chi connectivity index (χ1n) is 6.98. The lowest BCUT2D eigenvalue weighted by atomic mass is 10.0. The average Bonchev–Trinajstić information content (AvgIpc) is 2.47. The summed E-state index contributed by atoms with van der Waals surface area (Å²) >= 11 is 0. The van der Waals surface area contributed by atoms with Gasteiger partial charge in [-0.15, -0.1) is 0 Å². The Bertz CT molecular complexity index is 450. The third kappa shape index (κ3) is 3.71. The Kier molecular flexibility index (Phi) is 5.38. The Labute approximate surface area is 119 Å².